The molecule has 0 unspecified atom stereocenters. The van der Waals surface area contributed by atoms with Gasteiger partial charge in [-0.05, 0) is 37.5 Å². The molecule has 1 amide bonds. The van der Waals surface area contributed by atoms with Gasteiger partial charge in [0, 0.05) is 12.1 Å². The second-order valence-corrected chi connectivity index (χ2v) is 5.02. The molecular weight excluding hydrogens is 258 g/mol. The van der Waals surface area contributed by atoms with Crippen molar-refractivity contribution >= 4 is 17.6 Å². The van der Waals surface area contributed by atoms with E-state index in [2.05, 4.69) is 0 Å². The Labute approximate surface area is 118 Å². The maximum atomic E-state index is 11.6. The van der Waals surface area contributed by atoms with E-state index in [1.54, 1.807) is 6.92 Å². The number of amides is 1. The van der Waals surface area contributed by atoms with Crippen LogP contribution in [0.3, 0.4) is 0 Å². The van der Waals surface area contributed by atoms with Gasteiger partial charge < -0.3 is 14.6 Å². The molecule has 5 nitrogen and oxygen atoms in total. The molecule has 1 aliphatic heterocycles. The van der Waals surface area contributed by atoms with Gasteiger partial charge in [0.15, 0.2) is 0 Å². The molecule has 2 rings (SSSR count). The van der Waals surface area contributed by atoms with E-state index < -0.39 is 12.2 Å². The number of nitrogens with zero attached hydrogens (tertiary/aromatic N) is 1. The van der Waals surface area contributed by atoms with E-state index in [-0.39, 0.29) is 12.4 Å². The Kier molecular flexibility index (Phi) is 4.74. The van der Waals surface area contributed by atoms with Gasteiger partial charge >= 0.3 is 6.09 Å². The lowest BCUT2D eigenvalue weighted by molar-refractivity contribution is -0.117. The molecular formula is C15H19NO4. The smallest absolute Gasteiger partial charge is 0.414 e. The Bertz CT molecular complexity index is 483. The average molecular weight is 277 g/mol. The number of aliphatic hydroxyl groups excluding tert-OH is 1. The van der Waals surface area contributed by atoms with Crippen LogP contribution in [-0.2, 0) is 16.0 Å². The van der Waals surface area contributed by atoms with E-state index in [9.17, 15) is 9.59 Å². The third-order valence-electron chi connectivity index (χ3n) is 3.32. The van der Waals surface area contributed by atoms with Gasteiger partial charge in [-0.25, -0.2) is 4.79 Å². The number of benzene rings is 1. The predicted molar refractivity (Wildman–Crippen MR) is 74.8 cm³/mol. The number of ketones is 1. The molecule has 1 fully saturated rings. The topological polar surface area (TPSA) is 66.8 Å². The third kappa shape index (κ3) is 3.57. The summed E-state index contributed by atoms with van der Waals surface area (Å²) in [7, 11) is 0. The van der Waals surface area contributed by atoms with Crippen molar-refractivity contribution in [3.05, 3.63) is 29.8 Å². The minimum Gasteiger partial charge on any atom is -0.441 e. The lowest BCUT2D eigenvalue weighted by atomic mass is 10.1. The summed E-state index contributed by atoms with van der Waals surface area (Å²) < 4.78 is 5.00. The number of ether oxygens (including phenoxy) is 1. The van der Waals surface area contributed by atoms with Crippen LogP contribution in [-0.4, -0.2) is 36.2 Å². The molecule has 1 aliphatic rings. The van der Waals surface area contributed by atoms with Gasteiger partial charge in [0.2, 0.25) is 0 Å². The molecule has 1 saturated heterocycles. The normalized spacial score (nSPS) is 18.2. The Morgan fingerprint density at radius 3 is 2.65 bits per heavy atom. The van der Waals surface area contributed by atoms with Crippen molar-refractivity contribution in [1.29, 1.82) is 0 Å². The van der Waals surface area contributed by atoms with Crippen LogP contribution in [0.5, 0.6) is 0 Å². The van der Waals surface area contributed by atoms with Crippen molar-refractivity contribution in [2.24, 2.45) is 0 Å². The summed E-state index contributed by atoms with van der Waals surface area (Å²) in [5, 5.41) is 9.00. The van der Waals surface area contributed by atoms with E-state index in [0.717, 1.165) is 24.1 Å². The zero-order chi connectivity index (χ0) is 14.5. The summed E-state index contributed by atoms with van der Waals surface area (Å²) in [6.45, 7) is 1.81. The highest BCUT2D eigenvalue weighted by molar-refractivity contribution is 5.89. The number of aryl methyl sites for hydroxylation is 1. The molecule has 20 heavy (non-hydrogen) atoms. The summed E-state index contributed by atoms with van der Waals surface area (Å²) in [6.07, 6.45) is 1.42. The number of hydrogen-bond acceptors (Lipinski definition) is 4. The van der Waals surface area contributed by atoms with Crippen LogP contribution in [0.4, 0.5) is 10.5 Å². The molecule has 5 heteroatoms. The van der Waals surface area contributed by atoms with Gasteiger partial charge in [0.1, 0.15) is 11.9 Å². The van der Waals surface area contributed by atoms with Crippen LogP contribution in [0.2, 0.25) is 0 Å². The summed E-state index contributed by atoms with van der Waals surface area (Å²) >= 11 is 0. The number of aliphatic hydroxyl groups is 1. The van der Waals surface area contributed by atoms with E-state index in [1.807, 2.05) is 24.3 Å². The van der Waals surface area contributed by atoms with Crippen molar-refractivity contribution in [2.75, 3.05) is 18.1 Å². The third-order valence-corrected chi connectivity index (χ3v) is 3.32. The van der Waals surface area contributed by atoms with Crippen LogP contribution in [0, 0.1) is 0 Å². The highest BCUT2D eigenvalue weighted by atomic mass is 16.6. The Balaban J connectivity index is 1.94. The second-order valence-electron chi connectivity index (χ2n) is 5.02. The van der Waals surface area contributed by atoms with E-state index in [0.29, 0.717) is 13.0 Å². The quantitative estimate of drug-likeness (QED) is 0.862. The van der Waals surface area contributed by atoms with Crippen LogP contribution < -0.4 is 4.90 Å². The van der Waals surface area contributed by atoms with Gasteiger partial charge in [-0.1, -0.05) is 12.1 Å². The number of carbonyl (C=O) groups excluding carboxylic acids is 2. The van der Waals surface area contributed by atoms with Crippen molar-refractivity contribution in [3.63, 3.8) is 0 Å². The largest absolute Gasteiger partial charge is 0.441 e. The molecule has 0 aliphatic carbocycles. The van der Waals surface area contributed by atoms with E-state index in [1.165, 1.54) is 4.90 Å². The molecule has 0 bridgehead atoms. The van der Waals surface area contributed by atoms with Gasteiger partial charge in [-0.2, -0.15) is 0 Å². The zero-order valence-corrected chi connectivity index (χ0v) is 11.5. The molecule has 1 atom stereocenters. The highest BCUT2D eigenvalue weighted by Crippen LogP contribution is 2.22. The Morgan fingerprint density at radius 2 is 2.10 bits per heavy atom. The first-order valence-electron chi connectivity index (χ1n) is 6.77. The van der Waals surface area contributed by atoms with Gasteiger partial charge in [0.05, 0.1) is 13.2 Å². The maximum Gasteiger partial charge on any atom is 0.414 e. The standard InChI is InChI=1S/C15H19NO4/c1-11(18)3-2-4-12-5-7-13(8-6-12)16-9-14(10-17)20-15(16)19/h5-8,14,17H,2-4,9-10H2,1H3/t14-/m1/s1. The van der Waals surface area contributed by atoms with Gasteiger partial charge in [-0.3, -0.25) is 4.90 Å². The zero-order valence-electron chi connectivity index (χ0n) is 11.5. The molecule has 1 aromatic carbocycles. The first kappa shape index (κ1) is 14.5. The number of Topliss-reactive ketones (excluding diaryl/α,β-unsaturated/α-hetero) is 1. The van der Waals surface area contributed by atoms with Crippen LogP contribution in [0.15, 0.2) is 24.3 Å². The first-order chi connectivity index (χ1) is 9.60. The monoisotopic (exact) mass is 277 g/mol. The predicted octanol–water partition coefficient (Wildman–Crippen LogP) is 1.92. The van der Waals surface area contributed by atoms with Crippen molar-refractivity contribution < 1.29 is 19.4 Å². The summed E-state index contributed by atoms with van der Waals surface area (Å²) in [4.78, 5) is 24.0. The minimum absolute atomic E-state index is 0.161. The fourth-order valence-corrected chi connectivity index (χ4v) is 2.21. The van der Waals surface area contributed by atoms with Crippen molar-refractivity contribution in [1.82, 2.24) is 0 Å². The minimum atomic E-state index is -0.447. The van der Waals surface area contributed by atoms with Crippen molar-refractivity contribution in [3.8, 4) is 0 Å². The SMILES string of the molecule is CC(=O)CCCc1ccc(N2C[C@H](CO)OC2=O)cc1. The fraction of sp³-hybridized carbons (Fsp3) is 0.467. The molecule has 0 spiro atoms. The van der Waals surface area contributed by atoms with E-state index in [4.69, 9.17) is 9.84 Å². The van der Waals surface area contributed by atoms with Crippen molar-refractivity contribution in [2.45, 2.75) is 32.3 Å². The number of cyclic esters (lactones) is 1. The molecule has 108 valence electrons. The highest BCUT2D eigenvalue weighted by Gasteiger charge is 2.31. The molecule has 1 aromatic rings. The molecule has 1 N–H and O–H groups in total. The lowest BCUT2D eigenvalue weighted by Crippen LogP contribution is -2.25. The van der Waals surface area contributed by atoms with Crippen LogP contribution in [0.25, 0.3) is 0 Å². The van der Waals surface area contributed by atoms with E-state index >= 15 is 0 Å². The second kappa shape index (κ2) is 6.52. The summed E-state index contributed by atoms with van der Waals surface area (Å²) in [5.74, 6) is 0.205. The molecule has 0 radical (unpaired) electrons. The lowest BCUT2D eigenvalue weighted by Gasteiger charge is -2.13. The average Bonchev–Trinajstić information content (AvgIpc) is 2.80. The van der Waals surface area contributed by atoms with Gasteiger partial charge in [-0.15, -0.1) is 0 Å². The van der Waals surface area contributed by atoms with Gasteiger partial charge in [0.25, 0.3) is 0 Å². The fourth-order valence-electron chi connectivity index (χ4n) is 2.21. The summed E-state index contributed by atoms with van der Waals surface area (Å²) in [5.41, 5.74) is 1.91. The van der Waals surface area contributed by atoms with Crippen LogP contribution >= 0.6 is 0 Å². The summed E-state index contributed by atoms with van der Waals surface area (Å²) in [6, 6.07) is 7.64. The molecule has 0 aromatic heterocycles. The maximum absolute atomic E-state index is 11.6. The number of anilines is 1. The number of rotatable bonds is 6. The van der Waals surface area contributed by atoms with Crippen LogP contribution in [0.1, 0.15) is 25.3 Å². The molecule has 1 heterocycles. The first-order valence-corrected chi connectivity index (χ1v) is 6.77. The Hall–Kier alpha value is -1.88. The number of carbonyl (C=O) groups is 2. The molecule has 0 saturated carbocycles. The Morgan fingerprint density at radius 1 is 1.40 bits per heavy atom. The number of hydrogen-bond donors (Lipinski definition) is 1.